The van der Waals surface area contributed by atoms with Gasteiger partial charge in [0, 0.05) is 20.0 Å². The Labute approximate surface area is 109 Å². The van der Waals surface area contributed by atoms with Gasteiger partial charge < -0.3 is 20.1 Å². The standard InChI is InChI=1S/C11H16N4O4/c1-3-13-7(2)12-9(15(18)19)10(13)14-6-4-5-8(14)11(16)17/h8H,3-6H2,1-2H3,(H,16,17)/t8-/m0/s1. The van der Waals surface area contributed by atoms with Crippen molar-refractivity contribution in [3.05, 3.63) is 15.9 Å². The van der Waals surface area contributed by atoms with Crippen LogP contribution >= 0.6 is 0 Å². The quantitative estimate of drug-likeness (QED) is 0.649. The molecule has 0 amide bonds. The Kier molecular flexibility index (Phi) is 3.41. The lowest BCUT2D eigenvalue weighted by Gasteiger charge is -2.23. The van der Waals surface area contributed by atoms with Gasteiger partial charge in [-0.3, -0.25) is 4.57 Å². The maximum Gasteiger partial charge on any atom is 0.406 e. The van der Waals surface area contributed by atoms with Gasteiger partial charge in [0.2, 0.25) is 11.6 Å². The highest BCUT2D eigenvalue weighted by atomic mass is 16.6. The number of carboxylic acids is 1. The molecule has 19 heavy (non-hydrogen) atoms. The zero-order valence-electron chi connectivity index (χ0n) is 10.9. The minimum Gasteiger partial charge on any atom is -0.480 e. The third-order valence-electron chi connectivity index (χ3n) is 3.41. The number of nitro groups is 1. The number of carbonyl (C=O) groups is 1. The van der Waals surface area contributed by atoms with Crippen LogP contribution in [0.3, 0.4) is 0 Å². The van der Waals surface area contributed by atoms with Crippen molar-refractivity contribution in [2.45, 2.75) is 39.3 Å². The maximum atomic E-state index is 11.2. The SMILES string of the molecule is CCn1c(C)nc([N+](=O)[O-])c1N1CCC[C@H]1C(=O)O. The second-order valence-electron chi connectivity index (χ2n) is 4.50. The second-order valence-corrected chi connectivity index (χ2v) is 4.50. The number of aryl methyl sites for hydroxylation is 1. The molecule has 1 atom stereocenters. The second kappa shape index (κ2) is 4.87. The molecule has 0 aromatic carbocycles. The van der Waals surface area contributed by atoms with Crippen molar-refractivity contribution < 1.29 is 14.8 Å². The van der Waals surface area contributed by atoms with Gasteiger partial charge in [-0.05, 0) is 29.7 Å². The number of aromatic nitrogens is 2. The van der Waals surface area contributed by atoms with Gasteiger partial charge in [-0.1, -0.05) is 0 Å². The average Bonchev–Trinajstić information content (AvgIpc) is 2.91. The predicted octanol–water partition coefficient (Wildman–Crippen LogP) is 1.17. The molecule has 1 aromatic rings. The molecule has 1 fully saturated rings. The van der Waals surface area contributed by atoms with E-state index < -0.39 is 16.9 Å². The lowest BCUT2D eigenvalue weighted by atomic mass is 10.2. The Hall–Kier alpha value is -2.12. The molecule has 1 saturated heterocycles. The van der Waals surface area contributed by atoms with E-state index in [4.69, 9.17) is 0 Å². The summed E-state index contributed by atoms with van der Waals surface area (Å²) in [5.74, 6) is -0.365. The number of nitrogens with zero attached hydrogens (tertiary/aromatic N) is 4. The van der Waals surface area contributed by atoms with E-state index in [1.54, 1.807) is 16.4 Å². The molecule has 1 N–H and O–H groups in total. The molecule has 1 aliphatic rings. The monoisotopic (exact) mass is 268 g/mol. The van der Waals surface area contributed by atoms with Crippen LogP contribution in [-0.2, 0) is 11.3 Å². The van der Waals surface area contributed by atoms with Crippen LogP contribution in [0, 0.1) is 17.0 Å². The van der Waals surface area contributed by atoms with Crippen molar-refractivity contribution >= 4 is 17.6 Å². The molecule has 0 radical (unpaired) electrons. The molecule has 2 heterocycles. The van der Waals surface area contributed by atoms with E-state index in [9.17, 15) is 20.0 Å². The van der Waals surface area contributed by atoms with Crippen molar-refractivity contribution in [1.82, 2.24) is 9.55 Å². The number of rotatable bonds is 4. The third kappa shape index (κ3) is 2.13. The summed E-state index contributed by atoms with van der Waals surface area (Å²) in [7, 11) is 0. The lowest BCUT2D eigenvalue weighted by Crippen LogP contribution is -2.37. The Morgan fingerprint density at radius 1 is 1.63 bits per heavy atom. The summed E-state index contributed by atoms with van der Waals surface area (Å²) in [5.41, 5.74) is 0. The molecule has 2 rings (SSSR count). The van der Waals surface area contributed by atoms with E-state index in [2.05, 4.69) is 4.98 Å². The predicted molar refractivity (Wildman–Crippen MR) is 67.3 cm³/mol. The molecule has 8 nitrogen and oxygen atoms in total. The third-order valence-corrected chi connectivity index (χ3v) is 3.41. The van der Waals surface area contributed by atoms with Crippen LogP contribution in [0.4, 0.5) is 11.6 Å². The zero-order chi connectivity index (χ0) is 14.2. The summed E-state index contributed by atoms with van der Waals surface area (Å²) in [4.78, 5) is 27.3. The van der Waals surface area contributed by atoms with Crippen molar-refractivity contribution in [3.63, 3.8) is 0 Å². The fourth-order valence-electron chi connectivity index (χ4n) is 2.60. The first kappa shape index (κ1) is 13.3. The Balaban J connectivity index is 2.53. The number of imidazole rings is 1. The van der Waals surface area contributed by atoms with Gasteiger partial charge in [0.1, 0.15) is 6.04 Å². The van der Waals surface area contributed by atoms with Gasteiger partial charge in [0.05, 0.1) is 0 Å². The fraction of sp³-hybridized carbons (Fsp3) is 0.636. The molecule has 0 saturated carbocycles. The van der Waals surface area contributed by atoms with E-state index in [0.717, 1.165) is 0 Å². The van der Waals surface area contributed by atoms with Gasteiger partial charge in [-0.2, -0.15) is 0 Å². The molecule has 1 aromatic heterocycles. The first-order valence-electron chi connectivity index (χ1n) is 6.18. The molecular weight excluding hydrogens is 252 g/mol. The maximum absolute atomic E-state index is 11.2. The number of anilines is 1. The van der Waals surface area contributed by atoms with Gasteiger partial charge in [0.15, 0.2) is 0 Å². The summed E-state index contributed by atoms with van der Waals surface area (Å²) >= 11 is 0. The van der Waals surface area contributed by atoms with Crippen molar-refractivity contribution in [1.29, 1.82) is 0 Å². The summed E-state index contributed by atoms with van der Waals surface area (Å²) in [6.07, 6.45) is 1.21. The van der Waals surface area contributed by atoms with Crippen LogP contribution in [0.25, 0.3) is 0 Å². The minimum absolute atomic E-state index is 0.257. The molecular formula is C11H16N4O4. The Morgan fingerprint density at radius 3 is 2.84 bits per heavy atom. The Morgan fingerprint density at radius 2 is 2.32 bits per heavy atom. The normalized spacial score (nSPS) is 18.8. The summed E-state index contributed by atoms with van der Waals surface area (Å²) in [5, 5.41) is 20.3. The van der Waals surface area contributed by atoms with E-state index in [1.165, 1.54) is 0 Å². The van der Waals surface area contributed by atoms with E-state index >= 15 is 0 Å². The van der Waals surface area contributed by atoms with Crippen molar-refractivity contribution in [2.24, 2.45) is 0 Å². The van der Waals surface area contributed by atoms with E-state index in [1.807, 2.05) is 6.92 Å². The number of hydrogen-bond donors (Lipinski definition) is 1. The summed E-state index contributed by atoms with van der Waals surface area (Å²) in [6.45, 7) is 4.56. The Bertz CT molecular complexity index is 525. The van der Waals surface area contributed by atoms with Crippen LogP contribution in [0.15, 0.2) is 0 Å². The highest BCUT2D eigenvalue weighted by molar-refractivity contribution is 5.79. The van der Waals surface area contributed by atoms with Gasteiger partial charge >= 0.3 is 11.8 Å². The van der Waals surface area contributed by atoms with Crippen LogP contribution in [-0.4, -0.2) is 38.1 Å². The summed E-state index contributed by atoms with van der Waals surface area (Å²) < 4.78 is 1.69. The molecule has 0 aliphatic carbocycles. The molecule has 0 bridgehead atoms. The smallest absolute Gasteiger partial charge is 0.406 e. The largest absolute Gasteiger partial charge is 0.480 e. The number of carboxylic acid groups (broad SMARTS) is 1. The van der Waals surface area contributed by atoms with Gasteiger partial charge in [-0.15, -0.1) is 0 Å². The zero-order valence-corrected chi connectivity index (χ0v) is 10.9. The number of hydrogen-bond acceptors (Lipinski definition) is 5. The van der Waals surface area contributed by atoms with Crippen LogP contribution in [0.5, 0.6) is 0 Å². The van der Waals surface area contributed by atoms with Crippen LogP contribution < -0.4 is 4.90 Å². The lowest BCUT2D eigenvalue weighted by molar-refractivity contribution is -0.388. The topological polar surface area (TPSA) is 101 Å². The molecule has 104 valence electrons. The molecule has 0 unspecified atom stereocenters. The van der Waals surface area contributed by atoms with E-state index in [-0.39, 0.29) is 5.82 Å². The van der Waals surface area contributed by atoms with E-state index in [0.29, 0.717) is 37.6 Å². The molecule has 0 spiro atoms. The van der Waals surface area contributed by atoms with Gasteiger partial charge in [0.25, 0.3) is 0 Å². The van der Waals surface area contributed by atoms with Crippen LogP contribution in [0.1, 0.15) is 25.6 Å². The van der Waals surface area contributed by atoms with Crippen molar-refractivity contribution in [2.75, 3.05) is 11.4 Å². The summed E-state index contributed by atoms with van der Waals surface area (Å²) in [6, 6.07) is -0.708. The first-order valence-corrected chi connectivity index (χ1v) is 6.18. The highest BCUT2D eigenvalue weighted by Crippen LogP contribution is 2.34. The molecule has 8 heteroatoms. The molecule has 1 aliphatic heterocycles. The highest BCUT2D eigenvalue weighted by Gasteiger charge is 2.38. The van der Waals surface area contributed by atoms with Gasteiger partial charge in [-0.25, -0.2) is 4.79 Å². The first-order chi connectivity index (χ1) is 8.97. The van der Waals surface area contributed by atoms with Crippen molar-refractivity contribution in [3.8, 4) is 0 Å². The number of aliphatic carboxylic acids is 1. The van der Waals surface area contributed by atoms with Crippen LogP contribution in [0.2, 0.25) is 0 Å². The minimum atomic E-state index is -0.951. The average molecular weight is 268 g/mol. The fourth-order valence-corrected chi connectivity index (χ4v) is 2.60.